The third-order valence-electron chi connectivity index (χ3n) is 3.22. The lowest BCUT2D eigenvalue weighted by molar-refractivity contribution is 0.414. The number of guanidine groups is 1. The summed E-state index contributed by atoms with van der Waals surface area (Å²) >= 11 is 0. The van der Waals surface area contributed by atoms with E-state index < -0.39 is 0 Å². The van der Waals surface area contributed by atoms with Crippen LogP contribution in [0, 0.1) is 0 Å². The Morgan fingerprint density at radius 2 is 1.88 bits per heavy atom. The molecule has 6 nitrogen and oxygen atoms in total. The SMILES string of the molecule is CCNC(=NCc1ccn(-c2ccc(OC)cc2)n1)NC(C)(C)C.I. The molecule has 0 aliphatic heterocycles. The van der Waals surface area contributed by atoms with E-state index in [1.54, 1.807) is 7.11 Å². The van der Waals surface area contributed by atoms with Gasteiger partial charge in [-0.1, -0.05) is 0 Å². The molecule has 138 valence electrons. The molecule has 2 aromatic rings. The molecule has 7 heteroatoms. The van der Waals surface area contributed by atoms with Gasteiger partial charge in [0.25, 0.3) is 0 Å². The van der Waals surface area contributed by atoms with Gasteiger partial charge >= 0.3 is 0 Å². The molecular weight excluding hydrogens is 429 g/mol. The zero-order chi connectivity index (χ0) is 17.6. The van der Waals surface area contributed by atoms with Crippen LogP contribution in [0.15, 0.2) is 41.5 Å². The van der Waals surface area contributed by atoms with E-state index in [0.29, 0.717) is 6.54 Å². The summed E-state index contributed by atoms with van der Waals surface area (Å²) in [4.78, 5) is 4.60. The zero-order valence-corrected chi connectivity index (χ0v) is 17.9. The molecule has 0 spiro atoms. The number of benzene rings is 1. The lowest BCUT2D eigenvalue weighted by Gasteiger charge is -2.23. The molecule has 1 aromatic carbocycles. The minimum atomic E-state index is -0.0382. The molecule has 0 amide bonds. The number of aliphatic imine (C=N–C) groups is 1. The molecule has 1 aromatic heterocycles. The van der Waals surface area contributed by atoms with Gasteiger partial charge in [-0.25, -0.2) is 9.67 Å². The van der Waals surface area contributed by atoms with Gasteiger partial charge in [0.15, 0.2) is 5.96 Å². The van der Waals surface area contributed by atoms with Crippen LogP contribution in [0.2, 0.25) is 0 Å². The van der Waals surface area contributed by atoms with Crippen LogP contribution >= 0.6 is 24.0 Å². The molecule has 0 radical (unpaired) electrons. The van der Waals surface area contributed by atoms with Gasteiger partial charge in [0, 0.05) is 18.3 Å². The van der Waals surface area contributed by atoms with Gasteiger partial charge < -0.3 is 15.4 Å². The van der Waals surface area contributed by atoms with Crippen LogP contribution in [0.3, 0.4) is 0 Å². The topological polar surface area (TPSA) is 63.5 Å². The Morgan fingerprint density at radius 1 is 1.20 bits per heavy atom. The van der Waals surface area contributed by atoms with Gasteiger partial charge in [-0.15, -0.1) is 24.0 Å². The number of ether oxygens (including phenoxy) is 1. The average Bonchev–Trinajstić information content (AvgIpc) is 3.00. The van der Waals surface area contributed by atoms with Gasteiger partial charge in [0.05, 0.1) is 25.0 Å². The largest absolute Gasteiger partial charge is 0.497 e. The fourth-order valence-electron chi connectivity index (χ4n) is 2.15. The van der Waals surface area contributed by atoms with Crippen molar-refractivity contribution < 1.29 is 4.74 Å². The molecule has 0 fully saturated rings. The lowest BCUT2D eigenvalue weighted by atomic mass is 10.1. The highest BCUT2D eigenvalue weighted by Crippen LogP contribution is 2.14. The van der Waals surface area contributed by atoms with Crippen LogP contribution in [0.5, 0.6) is 5.75 Å². The molecule has 0 saturated heterocycles. The Bertz CT molecular complexity index is 674. The quantitative estimate of drug-likeness (QED) is 0.411. The van der Waals surface area contributed by atoms with E-state index in [9.17, 15) is 0 Å². The molecule has 0 aliphatic rings. The van der Waals surface area contributed by atoms with Crippen LogP contribution in [0.1, 0.15) is 33.4 Å². The molecule has 2 N–H and O–H groups in total. The van der Waals surface area contributed by atoms with E-state index in [1.165, 1.54) is 0 Å². The first-order valence-corrected chi connectivity index (χ1v) is 8.17. The standard InChI is InChI=1S/C18H27N5O.HI/c1-6-19-17(21-18(2,3)4)20-13-14-11-12-23(22-14)15-7-9-16(24-5)10-8-15;/h7-12H,6,13H2,1-5H3,(H2,19,20,21);1H. The van der Waals surface area contributed by atoms with Gasteiger partial charge in [-0.05, 0) is 58.0 Å². The fraction of sp³-hybridized carbons (Fsp3) is 0.444. The minimum absolute atomic E-state index is 0. The number of methoxy groups -OCH3 is 1. The Balaban J connectivity index is 0.00000312. The number of aromatic nitrogens is 2. The Kier molecular flexibility index (Phi) is 8.21. The smallest absolute Gasteiger partial charge is 0.192 e. The highest BCUT2D eigenvalue weighted by molar-refractivity contribution is 14.0. The lowest BCUT2D eigenvalue weighted by Crippen LogP contribution is -2.47. The second-order valence-electron chi connectivity index (χ2n) is 6.52. The third kappa shape index (κ3) is 6.93. The summed E-state index contributed by atoms with van der Waals surface area (Å²) < 4.78 is 7.02. The molecule has 0 atom stereocenters. The maximum atomic E-state index is 5.18. The Hall–Kier alpha value is -1.77. The number of nitrogens with zero attached hydrogens (tertiary/aromatic N) is 3. The van der Waals surface area contributed by atoms with Crippen molar-refractivity contribution in [1.82, 2.24) is 20.4 Å². The number of hydrogen-bond donors (Lipinski definition) is 2. The highest BCUT2D eigenvalue weighted by atomic mass is 127. The van der Waals surface area contributed by atoms with E-state index in [2.05, 4.69) is 48.4 Å². The van der Waals surface area contributed by atoms with Crippen molar-refractivity contribution in [2.45, 2.75) is 39.8 Å². The van der Waals surface area contributed by atoms with Crippen LogP contribution in [-0.4, -0.2) is 34.9 Å². The molecule has 25 heavy (non-hydrogen) atoms. The first-order chi connectivity index (χ1) is 11.4. The molecule has 0 unspecified atom stereocenters. The van der Waals surface area contributed by atoms with Crippen molar-refractivity contribution in [2.75, 3.05) is 13.7 Å². The van der Waals surface area contributed by atoms with Gasteiger partial charge in [-0.3, -0.25) is 0 Å². The maximum Gasteiger partial charge on any atom is 0.192 e. The summed E-state index contributed by atoms with van der Waals surface area (Å²) in [5.41, 5.74) is 1.87. The van der Waals surface area contributed by atoms with E-state index in [-0.39, 0.29) is 29.5 Å². The molecule has 2 rings (SSSR count). The van der Waals surface area contributed by atoms with Crippen molar-refractivity contribution in [1.29, 1.82) is 0 Å². The predicted molar refractivity (Wildman–Crippen MR) is 113 cm³/mol. The number of rotatable bonds is 5. The maximum absolute atomic E-state index is 5.18. The predicted octanol–water partition coefficient (Wildman–Crippen LogP) is 3.35. The molecule has 0 aliphatic carbocycles. The summed E-state index contributed by atoms with van der Waals surface area (Å²) in [6.07, 6.45) is 1.94. The number of hydrogen-bond acceptors (Lipinski definition) is 3. The number of nitrogens with one attached hydrogen (secondary N) is 2. The average molecular weight is 457 g/mol. The van der Waals surface area contributed by atoms with Gasteiger partial charge in [0.2, 0.25) is 0 Å². The molecule has 1 heterocycles. The highest BCUT2D eigenvalue weighted by Gasteiger charge is 2.11. The summed E-state index contributed by atoms with van der Waals surface area (Å²) in [6, 6.07) is 9.78. The van der Waals surface area contributed by atoms with Crippen LogP contribution < -0.4 is 15.4 Å². The molecule has 0 bridgehead atoms. The third-order valence-corrected chi connectivity index (χ3v) is 3.22. The summed E-state index contributed by atoms with van der Waals surface area (Å²) in [5.74, 6) is 1.63. The van der Waals surface area contributed by atoms with Crippen LogP contribution in [-0.2, 0) is 6.54 Å². The Morgan fingerprint density at radius 3 is 2.44 bits per heavy atom. The van der Waals surface area contributed by atoms with E-state index in [1.807, 2.05) is 41.2 Å². The summed E-state index contributed by atoms with van der Waals surface area (Å²) in [6.45, 7) is 9.73. The van der Waals surface area contributed by atoms with Gasteiger partial charge in [0.1, 0.15) is 5.75 Å². The van der Waals surface area contributed by atoms with Crippen LogP contribution in [0.25, 0.3) is 5.69 Å². The van der Waals surface area contributed by atoms with E-state index in [0.717, 1.165) is 29.6 Å². The summed E-state index contributed by atoms with van der Waals surface area (Å²) in [7, 11) is 1.66. The minimum Gasteiger partial charge on any atom is -0.497 e. The second-order valence-corrected chi connectivity index (χ2v) is 6.52. The summed E-state index contributed by atoms with van der Waals surface area (Å²) in [5, 5.41) is 11.2. The normalized spacial score (nSPS) is 11.6. The Labute approximate surface area is 167 Å². The van der Waals surface area contributed by atoms with Crippen molar-refractivity contribution >= 4 is 29.9 Å². The number of halogens is 1. The van der Waals surface area contributed by atoms with E-state index in [4.69, 9.17) is 4.74 Å². The van der Waals surface area contributed by atoms with E-state index >= 15 is 0 Å². The molecule has 0 saturated carbocycles. The van der Waals surface area contributed by atoms with Crippen molar-refractivity contribution in [3.8, 4) is 11.4 Å². The first-order valence-electron chi connectivity index (χ1n) is 8.17. The van der Waals surface area contributed by atoms with Gasteiger partial charge in [-0.2, -0.15) is 5.10 Å². The second kappa shape index (κ2) is 9.65. The van der Waals surface area contributed by atoms with Crippen LogP contribution in [0.4, 0.5) is 0 Å². The fourth-order valence-corrected chi connectivity index (χ4v) is 2.15. The van der Waals surface area contributed by atoms with Crippen molar-refractivity contribution in [3.05, 3.63) is 42.2 Å². The molecular formula is C18H28IN5O. The monoisotopic (exact) mass is 457 g/mol. The van der Waals surface area contributed by atoms with Crippen molar-refractivity contribution in [2.24, 2.45) is 4.99 Å². The zero-order valence-electron chi connectivity index (χ0n) is 15.5. The van der Waals surface area contributed by atoms with Crippen molar-refractivity contribution in [3.63, 3.8) is 0 Å². The first kappa shape index (κ1) is 21.3.